The largest absolute Gasteiger partial charge is 0.465 e. The number of aryl methyl sites for hydroxylation is 2. The number of hydrogen-bond donors (Lipinski definition) is 2. The fourth-order valence-corrected chi connectivity index (χ4v) is 4.49. The number of rotatable bonds is 6. The summed E-state index contributed by atoms with van der Waals surface area (Å²) in [6.45, 7) is 4.02. The van der Waals surface area contributed by atoms with Crippen molar-refractivity contribution in [2.45, 2.75) is 44.2 Å². The number of hydrogen-bond acceptors (Lipinski definition) is 5. The Hall–Kier alpha value is -1.31. The molecule has 5 nitrogen and oxygen atoms in total. The Bertz CT molecular complexity index is 729. The number of anilines is 1. The summed E-state index contributed by atoms with van der Waals surface area (Å²) in [4.78, 5) is 0.263. The Morgan fingerprint density at radius 3 is 2.71 bits per heavy atom. The van der Waals surface area contributed by atoms with Gasteiger partial charge in [-0.2, -0.15) is 11.3 Å². The van der Waals surface area contributed by atoms with Crippen molar-refractivity contribution in [1.82, 2.24) is 5.32 Å². The predicted octanol–water partition coefficient (Wildman–Crippen LogP) is 3.01. The monoisotopic (exact) mass is 326 g/mol. The van der Waals surface area contributed by atoms with Crippen LogP contribution in [-0.4, -0.2) is 14.5 Å². The van der Waals surface area contributed by atoms with Crippen LogP contribution < -0.4 is 10.0 Å². The quantitative estimate of drug-likeness (QED) is 0.856. The first kappa shape index (κ1) is 14.6. The highest BCUT2D eigenvalue weighted by atomic mass is 32.2. The Balaban J connectivity index is 1.91. The van der Waals surface area contributed by atoms with E-state index < -0.39 is 10.0 Å². The van der Waals surface area contributed by atoms with Crippen molar-refractivity contribution in [3.05, 3.63) is 33.9 Å². The molecule has 2 heterocycles. The molecule has 0 saturated heterocycles. The van der Waals surface area contributed by atoms with Crippen molar-refractivity contribution in [1.29, 1.82) is 0 Å². The van der Waals surface area contributed by atoms with E-state index in [0.29, 0.717) is 29.8 Å². The van der Waals surface area contributed by atoms with E-state index in [4.69, 9.17) is 4.42 Å². The summed E-state index contributed by atoms with van der Waals surface area (Å²) < 4.78 is 33.4. The van der Waals surface area contributed by atoms with Gasteiger partial charge in [0.05, 0.1) is 5.69 Å². The molecule has 2 aromatic heterocycles. The summed E-state index contributed by atoms with van der Waals surface area (Å²) >= 11 is 1.45. The lowest BCUT2D eigenvalue weighted by Gasteiger charge is -2.09. The Labute approximate surface area is 128 Å². The van der Waals surface area contributed by atoms with Crippen molar-refractivity contribution in [3.63, 3.8) is 0 Å². The average molecular weight is 326 g/mol. The molecule has 0 bridgehead atoms. The maximum absolute atomic E-state index is 12.6. The van der Waals surface area contributed by atoms with Crippen molar-refractivity contribution in [3.8, 4) is 0 Å². The Kier molecular flexibility index (Phi) is 3.81. The molecule has 114 valence electrons. The van der Waals surface area contributed by atoms with Crippen molar-refractivity contribution in [2.24, 2.45) is 0 Å². The van der Waals surface area contributed by atoms with Gasteiger partial charge in [0, 0.05) is 23.5 Å². The van der Waals surface area contributed by atoms with E-state index in [1.165, 1.54) is 11.3 Å². The first-order chi connectivity index (χ1) is 9.97. The minimum Gasteiger partial charge on any atom is -0.465 e. The first-order valence-electron chi connectivity index (χ1n) is 6.84. The van der Waals surface area contributed by atoms with Crippen LogP contribution in [0.25, 0.3) is 0 Å². The van der Waals surface area contributed by atoms with Gasteiger partial charge in [-0.1, -0.05) is 0 Å². The second-order valence-corrected chi connectivity index (χ2v) is 7.69. The minimum atomic E-state index is -3.63. The van der Waals surface area contributed by atoms with E-state index in [1.807, 2.05) is 5.38 Å². The van der Waals surface area contributed by atoms with Gasteiger partial charge in [0.2, 0.25) is 0 Å². The summed E-state index contributed by atoms with van der Waals surface area (Å²) in [6.07, 6.45) is 2.32. The van der Waals surface area contributed by atoms with Crippen LogP contribution in [0.5, 0.6) is 0 Å². The Morgan fingerprint density at radius 1 is 1.33 bits per heavy atom. The van der Waals surface area contributed by atoms with Gasteiger partial charge in [-0.25, -0.2) is 8.42 Å². The second-order valence-electron chi connectivity index (χ2n) is 5.29. The van der Waals surface area contributed by atoms with E-state index in [1.54, 1.807) is 25.3 Å². The summed E-state index contributed by atoms with van der Waals surface area (Å²) in [5.41, 5.74) is 1.31. The molecule has 0 atom stereocenters. The highest BCUT2D eigenvalue weighted by Gasteiger charge is 2.28. The van der Waals surface area contributed by atoms with Gasteiger partial charge in [0.15, 0.2) is 0 Å². The van der Waals surface area contributed by atoms with Gasteiger partial charge in [-0.15, -0.1) is 0 Å². The van der Waals surface area contributed by atoms with Crippen LogP contribution in [0.2, 0.25) is 0 Å². The zero-order chi connectivity index (χ0) is 15.0. The SMILES string of the molecule is Cc1oc(C)c(S(=O)(=O)Nc2ccsc2)c1CNC1CC1. The smallest absolute Gasteiger partial charge is 0.265 e. The van der Waals surface area contributed by atoms with E-state index in [2.05, 4.69) is 10.0 Å². The van der Waals surface area contributed by atoms with Crippen LogP contribution in [0, 0.1) is 13.8 Å². The fraction of sp³-hybridized carbons (Fsp3) is 0.429. The normalized spacial score (nSPS) is 15.3. The third kappa shape index (κ3) is 3.14. The molecular weight excluding hydrogens is 308 g/mol. The summed E-state index contributed by atoms with van der Waals surface area (Å²) in [6, 6.07) is 2.26. The van der Waals surface area contributed by atoms with E-state index in [9.17, 15) is 8.42 Å². The molecule has 0 aliphatic heterocycles. The number of thiophene rings is 1. The van der Waals surface area contributed by atoms with Gasteiger partial charge in [-0.3, -0.25) is 4.72 Å². The molecule has 1 fully saturated rings. The van der Waals surface area contributed by atoms with Crippen LogP contribution in [0.3, 0.4) is 0 Å². The third-order valence-electron chi connectivity index (χ3n) is 3.51. The van der Waals surface area contributed by atoms with Gasteiger partial charge >= 0.3 is 0 Å². The zero-order valence-corrected chi connectivity index (χ0v) is 13.6. The predicted molar refractivity (Wildman–Crippen MR) is 83.2 cm³/mol. The van der Waals surface area contributed by atoms with Gasteiger partial charge in [0.25, 0.3) is 10.0 Å². The minimum absolute atomic E-state index is 0.263. The highest BCUT2D eigenvalue weighted by molar-refractivity contribution is 7.92. The lowest BCUT2D eigenvalue weighted by molar-refractivity contribution is 0.493. The molecule has 2 aromatic rings. The zero-order valence-electron chi connectivity index (χ0n) is 12.0. The molecule has 7 heteroatoms. The van der Waals surface area contributed by atoms with E-state index >= 15 is 0 Å². The molecule has 0 amide bonds. The molecular formula is C14H18N2O3S2. The number of nitrogens with one attached hydrogen (secondary N) is 2. The molecule has 3 rings (SSSR count). The van der Waals surface area contributed by atoms with Crippen LogP contribution in [0.1, 0.15) is 29.9 Å². The highest BCUT2D eigenvalue weighted by Crippen LogP contribution is 2.30. The number of furan rings is 1. The fourth-order valence-electron chi connectivity index (χ4n) is 2.33. The average Bonchev–Trinajstić information content (AvgIpc) is 3.00. The summed E-state index contributed by atoms with van der Waals surface area (Å²) in [5.74, 6) is 1.09. The lowest BCUT2D eigenvalue weighted by atomic mass is 10.2. The molecule has 0 spiro atoms. The van der Waals surface area contributed by atoms with Crippen LogP contribution in [-0.2, 0) is 16.6 Å². The molecule has 0 radical (unpaired) electrons. The van der Waals surface area contributed by atoms with Crippen LogP contribution in [0.15, 0.2) is 26.1 Å². The Morgan fingerprint density at radius 2 is 2.10 bits per heavy atom. The molecule has 2 N–H and O–H groups in total. The third-order valence-corrected chi connectivity index (χ3v) is 5.77. The van der Waals surface area contributed by atoms with Crippen molar-refractivity contribution < 1.29 is 12.8 Å². The topological polar surface area (TPSA) is 71.3 Å². The van der Waals surface area contributed by atoms with Gasteiger partial charge < -0.3 is 9.73 Å². The van der Waals surface area contributed by atoms with Crippen molar-refractivity contribution >= 4 is 27.0 Å². The maximum atomic E-state index is 12.6. The van der Waals surface area contributed by atoms with Gasteiger partial charge in [-0.05, 0) is 38.1 Å². The molecule has 1 saturated carbocycles. The van der Waals surface area contributed by atoms with Crippen molar-refractivity contribution in [2.75, 3.05) is 4.72 Å². The van der Waals surface area contributed by atoms with Crippen LogP contribution in [0.4, 0.5) is 5.69 Å². The maximum Gasteiger partial charge on any atom is 0.265 e. The standard InChI is InChI=1S/C14H18N2O3S2/c1-9-13(7-15-11-3-4-11)14(10(2)19-9)21(17,18)16-12-5-6-20-8-12/h5-6,8,11,15-16H,3-4,7H2,1-2H3. The summed E-state index contributed by atoms with van der Waals surface area (Å²) in [7, 11) is -3.63. The first-order valence-corrected chi connectivity index (χ1v) is 9.27. The second kappa shape index (κ2) is 5.47. The van der Waals surface area contributed by atoms with E-state index in [0.717, 1.165) is 18.4 Å². The summed E-state index contributed by atoms with van der Waals surface area (Å²) in [5, 5.41) is 6.95. The molecule has 1 aliphatic carbocycles. The lowest BCUT2D eigenvalue weighted by Crippen LogP contribution is -2.20. The van der Waals surface area contributed by atoms with Crippen LogP contribution >= 0.6 is 11.3 Å². The molecule has 21 heavy (non-hydrogen) atoms. The number of sulfonamides is 1. The van der Waals surface area contributed by atoms with Gasteiger partial charge in [0.1, 0.15) is 16.4 Å². The van der Waals surface area contributed by atoms with E-state index in [-0.39, 0.29) is 4.90 Å². The molecule has 0 aromatic carbocycles. The molecule has 1 aliphatic rings. The molecule has 0 unspecified atom stereocenters.